The van der Waals surface area contributed by atoms with Gasteiger partial charge in [0.2, 0.25) is 0 Å². The van der Waals surface area contributed by atoms with Crippen LogP contribution in [0.1, 0.15) is 11.6 Å². The summed E-state index contributed by atoms with van der Waals surface area (Å²) < 4.78 is 18.2. The molecule has 0 saturated heterocycles. The quantitative estimate of drug-likeness (QED) is 0.761. The summed E-state index contributed by atoms with van der Waals surface area (Å²) in [6.07, 6.45) is 0. The molecule has 1 atom stereocenters. The number of methoxy groups -OCH3 is 1. The van der Waals surface area contributed by atoms with Crippen LogP contribution in [0.25, 0.3) is 0 Å². The summed E-state index contributed by atoms with van der Waals surface area (Å²) in [6.45, 7) is 0. The summed E-state index contributed by atoms with van der Waals surface area (Å²) in [5, 5.41) is 8.92. The van der Waals surface area contributed by atoms with Crippen LogP contribution in [-0.2, 0) is 0 Å². The molecule has 1 aromatic rings. The molecule has 0 N–H and O–H groups in total. The van der Waals surface area contributed by atoms with E-state index in [4.69, 9.17) is 10.00 Å². The number of nitrogens with zero attached hydrogens (tertiary/aromatic N) is 2. The fourth-order valence-corrected chi connectivity index (χ4v) is 1.34. The lowest BCUT2D eigenvalue weighted by Gasteiger charge is -2.17. The number of benzene rings is 1. The molecule has 0 heterocycles. The molecule has 15 heavy (non-hydrogen) atoms. The van der Waals surface area contributed by atoms with Crippen LogP contribution in [-0.4, -0.2) is 26.1 Å². The lowest BCUT2D eigenvalue weighted by molar-refractivity contribution is 0.354. The fraction of sp³-hybridized carbons (Fsp3) is 0.364. The normalized spacial score (nSPS) is 12.3. The van der Waals surface area contributed by atoms with Crippen molar-refractivity contribution in [3.05, 3.63) is 29.6 Å². The van der Waals surface area contributed by atoms with Crippen molar-refractivity contribution < 1.29 is 9.13 Å². The van der Waals surface area contributed by atoms with Gasteiger partial charge in [0, 0.05) is 0 Å². The Bertz CT molecular complexity index is 385. The van der Waals surface area contributed by atoms with Crippen LogP contribution in [0.4, 0.5) is 4.39 Å². The van der Waals surface area contributed by atoms with Crippen LogP contribution in [0.2, 0.25) is 0 Å². The van der Waals surface area contributed by atoms with Gasteiger partial charge in [-0.05, 0) is 31.8 Å². The number of halogens is 1. The highest BCUT2D eigenvalue weighted by atomic mass is 19.1. The molecule has 0 fully saturated rings. The van der Waals surface area contributed by atoms with Crippen molar-refractivity contribution in [2.45, 2.75) is 6.04 Å². The monoisotopic (exact) mass is 208 g/mol. The lowest BCUT2D eigenvalue weighted by atomic mass is 10.1. The van der Waals surface area contributed by atoms with E-state index in [0.717, 1.165) is 0 Å². The van der Waals surface area contributed by atoms with Crippen molar-refractivity contribution in [3.63, 3.8) is 0 Å². The number of hydrogen-bond donors (Lipinski definition) is 0. The second-order valence-electron chi connectivity index (χ2n) is 3.39. The largest absolute Gasteiger partial charge is 0.494 e. The van der Waals surface area contributed by atoms with Crippen LogP contribution in [0.15, 0.2) is 18.2 Å². The van der Waals surface area contributed by atoms with Gasteiger partial charge >= 0.3 is 0 Å². The molecule has 3 nitrogen and oxygen atoms in total. The van der Waals surface area contributed by atoms with E-state index in [2.05, 4.69) is 6.07 Å². The summed E-state index contributed by atoms with van der Waals surface area (Å²) in [6, 6.07) is 6.20. The lowest BCUT2D eigenvalue weighted by Crippen LogP contribution is -2.18. The first-order chi connectivity index (χ1) is 7.10. The Balaban J connectivity index is 3.07. The smallest absolute Gasteiger partial charge is 0.165 e. The second-order valence-corrected chi connectivity index (χ2v) is 3.39. The molecule has 0 aliphatic rings. The third kappa shape index (κ3) is 2.45. The van der Waals surface area contributed by atoms with Gasteiger partial charge in [0.15, 0.2) is 11.6 Å². The minimum Gasteiger partial charge on any atom is -0.494 e. The topological polar surface area (TPSA) is 36.3 Å². The predicted octanol–water partition coefficient (Wildman–Crippen LogP) is 1.96. The first kappa shape index (κ1) is 11.5. The summed E-state index contributed by atoms with van der Waals surface area (Å²) in [7, 11) is 4.96. The highest BCUT2D eigenvalue weighted by Gasteiger charge is 2.14. The standard InChI is InChI=1S/C11H13FN2O/c1-14(2)10(7-13)8-4-5-11(15-3)9(12)6-8/h4-6,10H,1-3H3. The average Bonchev–Trinajstić information content (AvgIpc) is 2.18. The SMILES string of the molecule is COc1ccc(C(C#N)N(C)C)cc1F. The maximum atomic E-state index is 13.4. The van der Waals surface area contributed by atoms with Crippen molar-refractivity contribution in [3.8, 4) is 11.8 Å². The molecule has 80 valence electrons. The van der Waals surface area contributed by atoms with Crippen molar-refractivity contribution in [2.75, 3.05) is 21.2 Å². The molecule has 0 aliphatic heterocycles. The van der Waals surface area contributed by atoms with E-state index in [1.54, 1.807) is 25.1 Å². The molecular formula is C11H13FN2O. The Morgan fingerprint density at radius 3 is 2.53 bits per heavy atom. The molecule has 0 radical (unpaired) electrons. The molecule has 1 rings (SSSR count). The van der Waals surface area contributed by atoms with Gasteiger partial charge in [0.1, 0.15) is 6.04 Å². The van der Waals surface area contributed by atoms with Crippen LogP contribution in [0.3, 0.4) is 0 Å². The van der Waals surface area contributed by atoms with Crippen molar-refractivity contribution >= 4 is 0 Å². The van der Waals surface area contributed by atoms with E-state index < -0.39 is 11.9 Å². The maximum Gasteiger partial charge on any atom is 0.165 e. The zero-order valence-corrected chi connectivity index (χ0v) is 8.99. The molecule has 0 saturated carbocycles. The molecule has 1 unspecified atom stereocenters. The van der Waals surface area contributed by atoms with Gasteiger partial charge in [-0.2, -0.15) is 5.26 Å². The molecule has 0 aliphatic carbocycles. The molecule has 0 aromatic heterocycles. The average molecular weight is 208 g/mol. The highest BCUT2D eigenvalue weighted by Crippen LogP contribution is 2.23. The van der Waals surface area contributed by atoms with Crippen LogP contribution >= 0.6 is 0 Å². The van der Waals surface area contributed by atoms with Crippen LogP contribution in [0.5, 0.6) is 5.75 Å². The van der Waals surface area contributed by atoms with E-state index in [9.17, 15) is 4.39 Å². The van der Waals surface area contributed by atoms with Gasteiger partial charge in [0.25, 0.3) is 0 Å². The maximum absolute atomic E-state index is 13.4. The van der Waals surface area contributed by atoms with Gasteiger partial charge in [-0.1, -0.05) is 6.07 Å². The van der Waals surface area contributed by atoms with E-state index in [0.29, 0.717) is 5.56 Å². The zero-order chi connectivity index (χ0) is 11.4. The van der Waals surface area contributed by atoms with Crippen LogP contribution in [0, 0.1) is 17.1 Å². The second kappa shape index (κ2) is 4.76. The van der Waals surface area contributed by atoms with E-state index >= 15 is 0 Å². The van der Waals surface area contributed by atoms with Gasteiger partial charge in [-0.25, -0.2) is 4.39 Å². The number of rotatable bonds is 3. The molecule has 4 heteroatoms. The van der Waals surface area contributed by atoms with Gasteiger partial charge in [0.05, 0.1) is 13.2 Å². The fourth-order valence-electron chi connectivity index (χ4n) is 1.34. The summed E-state index contributed by atoms with van der Waals surface area (Å²) in [5.41, 5.74) is 0.626. The van der Waals surface area contributed by atoms with Gasteiger partial charge in [-0.3, -0.25) is 4.90 Å². The number of ether oxygens (including phenoxy) is 1. The minimum atomic E-state index is -0.447. The summed E-state index contributed by atoms with van der Waals surface area (Å²) in [5.74, 6) is -0.258. The van der Waals surface area contributed by atoms with E-state index in [1.807, 2.05) is 0 Å². The number of hydrogen-bond acceptors (Lipinski definition) is 3. The Morgan fingerprint density at radius 2 is 2.13 bits per heavy atom. The molecule has 0 amide bonds. The minimum absolute atomic E-state index is 0.189. The summed E-state index contributed by atoms with van der Waals surface area (Å²) in [4.78, 5) is 1.72. The zero-order valence-electron chi connectivity index (χ0n) is 8.99. The Morgan fingerprint density at radius 1 is 1.47 bits per heavy atom. The Labute approximate surface area is 88.7 Å². The van der Waals surface area contributed by atoms with Gasteiger partial charge < -0.3 is 4.74 Å². The first-order valence-electron chi connectivity index (χ1n) is 4.49. The van der Waals surface area contributed by atoms with Crippen LogP contribution < -0.4 is 4.74 Å². The number of nitriles is 1. The molecular weight excluding hydrogens is 195 g/mol. The van der Waals surface area contributed by atoms with Crippen molar-refractivity contribution in [1.82, 2.24) is 4.90 Å². The Hall–Kier alpha value is -1.60. The Kier molecular flexibility index (Phi) is 3.64. The first-order valence-corrected chi connectivity index (χ1v) is 4.49. The molecule has 0 spiro atoms. The molecule has 0 bridgehead atoms. The van der Waals surface area contributed by atoms with E-state index in [1.165, 1.54) is 19.2 Å². The third-order valence-electron chi connectivity index (χ3n) is 2.13. The van der Waals surface area contributed by atoms with Crippen molar-refractivity contribution in [1.29, 1.82) is 5.26 Å². The molecule has 1 aromatic carbocycles. The van der Waals surface area contributed by atoms with E-state index in [-0.39, 0.29) is 5.75 Å². The van der Waals surface area contributed by atoms with Gasteiger partial charge in [-0.15, -0.1) is 0 Å². The third-order valence-corrected chi connectivity index (χ3v) is 2.13. The van der Waals surface area contributed by atoms with Crippen molar-refractivity contribution in [2.24, 2.45) is 0 Å². The highest BCUT2D eigenvalue weighted by molar-refractivity contribution is 5.33. The summed E-state index contributed by atoms with van der Waals surface area (Å²) >= 11 is 0. The predicted molar refractivity (Wildman–Crippen MR) is 55.0 cm³/mol.